The zero-order valence-electron chi connectivity index (χ0n) is 11.3. The van der Waals surface area contributed by atoms with E-state index >= 15 is 0 Å². The van der Waals surface area contributed by atoms with E-state index in [1.165, 1.54) is 46.0 Å². The minimum atomic E-state index is 1.09. The summed E-state index contributed by atoms with van der Waals surface area (Å²) in [5.41, 5.74) is 5.27. The Balaban J connectivity index is 1.91. The van der Waals surface area contributed by atoms with Crippen LogP contribution in [0, 0.1) is 0 Å². The quantitative estimate of drug-likeness (QED) is 0.707. The van der Waals surface area contributed by atoms with Gasteiger partial charge in [0.2, 0.25) is 0 Å². The summed E-state index contributed by atoms with van der Waals surface area (Å²) in [6, 6.07) is 15.2. The molecule has 0 saturated carbocycles. The van der Waals surface area contributed by atoms with Crippen molar-refractivity contribution in [3.05, 3.63) is 60.4 Å². The number of aromatic nitrogens is 1. The van der Waals surface area contributed by atoms with E-state index in [9.17, 15) is 0 Å². The average Bonchev–Trinajstić information content (AvgIpc) is 2.54. The first-order valence-corrected chi connectivity index (χ1v) is 7.12. The molecule has 2 heteroatoms. The SMILES string of the molecule is c1cc(-c2ccc3c(c2)CCCN3)c2cnccc2c1. The van der Waals surface area contributed by atoms with Gasteiger partial charge in [-0.25, -0.2) is 0 Å². The van der Waals surface area contributed by atoms with Gasteiger partial charge in [-0.2, -0.15) is 0 Å². The van der Waals surface area contributed by atoms with Crippen molar-refractivity contribution in [1.82, 2.24) is 4.98 Å². The third kappa shape index (κ3) is 1.85. The Morgan fingerprint density at radius 2 is 2.05 bits per heavy atom. The molecule has 2 aromatic carbocycles. The second kappa shape index (κ2) is 4.64. The first kappa shape index (κ1) is 11.5. The fraction of sp³-hybridized carbons (Fsp3) is 0.167. The summed E-state index contributed by atoms with van der Waals surface area (Å²) in [7, 11) is 0. The lowest BCUT2D eigenvalue weighted by Crippen LogP contribution is -2.11. The largest absolute Gasteiger partial charge is 0.385 e. The number of aryl methyl sites for hydroxylation is 1. The van der Waals surface area contributed by atoms with Crippen LogP contribution in [0.3, 0.4) is 0 Å². The van der Waals surface area contributed by atoms with Gasteiger partial charge in [-0.05, 0) is 53.1 Å². The van der Waals surface area contributed by atoms with Crippen LogP contribution >= 0.6 is 0 Å². The minimum absolute atomic E-state index is 1.09. The van der Waals surface area contributed by atoms with E-state index in [2.05, 4.69) is 52.8 Å². The Labute approximate surface area is 118 Å². The maximum absolute atomic E-state index is 4.27. The average molecular weight is 260 g/mol. The molecular formula is C18H16N2. The molecule has 0 atom stereocenters. The Hall–Kier alpha value is -2.35. The highest BCUT2D eigenvalue weighted by Crippen LogP contribution is 2.32. The number of pyridine rings is 1. The number of hydrogen-bond acceptors (Lipinski definition) is 2. The van der Waals surface area contributed by atoms with E-state index in [4.69, 9.17) is 0 Å². The number of nitrogens with one attached hydrogen (secondary N) is 1. The minimum Gasteiger partial charge on any atom is -0.385 e. The fourth-order valence-corrected chi connectivity index (χ4v) is 3.01. The maximum atomic E-state index is 4.27. The first-order valence-electron chi connectivity index (χ1n) is 7.12. The summed E-state index contributed by atoms with van der Waals surface area (Å²) in [6.07, 6.45) is 6.19. The third-order valence-corrected chi connectivity index (χ3v) is 4.04. The van der Waals surface area contributed by atoms with Crippen molar-refractivity contribution in [2.75, 3.05) is 11.9 Å². The molecule has 0 spiro atoms. The van der Waals surface area contributed by atoms with E-state index in [0.717, 1.165) is 6.54 Å². The van der Waals surface area contributed by atoms with Crippen molar-refractivity contribution in [3.8, 4) is 11.1 Å². The van der Waals surface area contributed by atoms with E-state index < -0.39 is 0 Å². The van der Waals surface area contributed by atoms with E-state index in [1.54, 1.807) is 0 Å². The smallest absolute Gasteiger partial charge is 0.0373 e. The Morgan fingerprint density at radius 1 is 1.05 bits per heavy atom. The normalized spacial score (nSPS) is 13.8. The van der Waals surface area contributed by atoms with E-state index in [0.29, 0.717) is 0 Å². The van der Waals surface area contributed by atoms with Gasteiger partial charge in [0.15, 0.2) is 0 Å². The summed E-state index contributed by atoms with van der Waals surface area (Å²) in [5, 5.41) is 5.93. The molecule has 3 aromatic rings. The zero-order valence-corrected chi connectivity index (χ0v) is 11.3. The molecule has 0 amide bonds. The predicted molar refractivity (Wildman–Crippen MR) is 84.0 cm³/mol. The van der Waals surface area contributed by atoms with Crippen molar-refractivity contribution in [1.29, 1.82) is 0 Å². The van der Waals surface area contributed by atoms with Gasteiger partial charge in [0.1, 0.15) is 0 Å². The van der Waals surface area contributed by atoms with Crippen LogP contribution in [0.5, 0.6) is 0 Å². The van der Waals surface area contributed by atoms with Crippen molar-refractivity contribution in [2.24, 2.45) is 0 Å². The summed E-state index contributed by atoms with van der Waals surface area (Å²) >= 11 is 0. The van der Waals surface area contributed by atoms with Crippen LogP contribution in [-0.4, -0.2) is 11.5 Å². The second-order valence-corrected chi connectivity index (χ2v) is 5.30. The Bertz CT molecular complexity index is 772. The van der Waals surface area contributed by atoms with Crippen LogP contribution in [0.25, 0.3) is 21.9 Å². The highest BCUT2D eigenvalue weighted by Gasteiger charge is 2.10. The van der Waals surface area contributed by atoms with E-state index in [1.807, 2.05) is 12.4 Å². The molecule has 2 nitrogen and oxygen atoms in total. The molecule has 0 bridgehead atoms. The molecule has 20 heavy (non-hydrogen) atoms. The third-order valence-electron chi connectivity index (χ3n) is 4.04. The molecule has 0 fully saturated rings. The van der Waals surface area contributed by atoms with Crippen LogP contribution in [0.1, 0.15) is 12.0 Å². The van der Waals surface area contributed by atoms with Gasteiger partial charge in [0.25, 0.3) is 0 Å². The molecular weight excluding hydrogens is 244 g/mol. The molecule has 1 aliphatic rings. The molecule has 2 heterocycles. The highest BCUT2D eigenvalue weighted by atomic mass is 14.9. The lowest BCUT2D eigenvalue weighted by atomic mass is 9.95. The molecule has 4 rings (SSSR count). The molecule has 0 unspecified atom stereocenters. The number of benzene rings is 2. The topological polar surface area (TPSA) is 24.9 Å². The van der Waals surface area contributed by atoms with Gasteiger partial charge in [-0.1, -0.05) is 24.3 Å². The monoisotopic (exact) mass is 260 g/mol. The van der Waals surface area contributed by atoms with Gasteiger partial charge >= 0.3 is 0 Å². The van der Waals surface area contributed by atoms with Crippen LogP contribution in [0.15, 0.2) is 54.9 Å². The van der Waals surface area contributed by atoms with Crippen LogP contribution in [0.2, 0.25) is 0 Å². The van der Waals surface area contributed by atoms with Gasteiger partial charge in [0.05, 0.1) is 0 Å². The van der Waals surface area contributed by atoms with Crippen LogP contribution in [0.4, 0.5) is 5.69 Å². The Morgan fingerprint density at radius 3 is 3.05 bits per heavy atom. The van der Waals surface area contributed by atoms with Crippen molar-refractivity contribution in [3.63, 3.8) is 0 Å². The van der Waals surface area contributed by atoms with Gasteiger partial charge in [-0.15, -0.1) is 0 Å². The standard InChI is InChI=1S/C18H16N2/c1-3-13-8-10-19-12-17(13)16(5-1)14-6-7-18-15(11-14)4-2-9-20-18/h1,3,5-8,10-12,20H,2,4,9H2. The number of fused-ring (bicyclic) bond motifs is 2. The Kier molecular flexibility index (Phi) is 2.66. The van der Waals surface area contributed by atoms with E-state index in [-0.39, 0.29) is 0 Å². The van der Waals surface area contributed by atoms with Crippen LogP contribution < -0.4 is 5.32 Å². The summed E-state index contributed by atoms with van der Waals surface area (Å²) in [5.74, 6) is 0. The fourth-order valence-electron chi connectivity index (χ4n) is 3.01. The first-order chi connectivity index (χ1) is 9.92. The molecule has 1 N–H and O–H groups in total. The summed E-state index contributed by atoms with van der Waals surface area (Å²) < 4.78 is 0. The lowest BCUT2D eigenvalue weighted by Gasteiger charge is -2.19. The molecule has 1 aliphatic heterocycles. The number of nitrogens with zero attached hydrogens (tertiary/aromatic N) is 1. The van der Waals surface area contributed by atoms with Crippen molar-refractivity contribution >= 4 is 16.5 Å². The molecule has 98 valence electrons. The zero-order chi connectivity index (χ0) is 13.4. The lowest BCUT2D eigenvalue weighted by molar-refractivity contribution is 0.831. The molecule has 0 saturated heterocycles. The molecule has 0 aliphatic carbocycles. The van der Waals surface area contributed by atoms with Crippen molar-refractivity contribution < 1.29 is 0 Å². The molecule has 1 aromatic heterocycles. The second-order valence-electron chi connectivity index (χ2n) is 5.30. The highest BCUT2D eigenvalue weighted by molar-refractivity contribution is 5.96. The van der Waals surface area contributed by atoms with Crippen molar-refractivity contribution in [2.45, 2.75) is 12.8 Å². The number of hydrogen-bond donors (Lipinski definition) is 1. The molecule has 0 radical (unpaired) electrons. The number of anilines is 1. The van der Waals surface area contributed by atoms with Gasteiger partial charge < -0.3 is 5.32 Å². The number of rotatable bonds is 1. The van der Waals surface area contributed by atoms with Gasteiger partial charge in [-0.3, -0.25) is 4.98 Å². The summed E-state index contributed by atoms with van der Waals surface area (Å²) in [6.45, 7) is 1.09. The maximum Gasteiger partial charge on any atom is 0.0373 e. The van der Waals surface area contributed by atoms with Gasteiger partial charge in [0, 0.05) is 30.0 Å². The predicted octanol–water partition coefficient (Wildman–Crippen LogP) is 4.26. The summed E-state index contributed by atoms with van der Waals surface area (Å²) in [4.78, 5) is 4.27. The van der Waals surface area contributed by atoms with Crippen LogP contribution in [-0.2, 0) is 6.42 Å².